The zero-order chi connectivity index (χ0) is 15.2. The predicted octanol–water partition coefficient (Wildman–Crippen LogP) is 4.10. The minimum atomic E-state index is -0.0649. The van der Waals surface area contributed by atoms with E-state index in [1.54, 1.807) is 18.2 Å². The monoisotopic (exact) mass is 372 g/mol. The normalized spacial score (nSPS) is 19.5. The highest BCUT2D eigenvalue weighted by Crippen LogP contribution is 2.19. The molecule has 1 unspecified atom stereocenters. The van der Waals surface area contributed by atoms with Gasteiger partial charge in [-0.1, -0.05) is 34.0 Å². The summed E-state index contributed by atoms with van der Waals surface area (Å²) in [5.74, 6) is -0.0649. The molecule has 3 nitrogen and oxygen atoms in total. The summed E-state index contributed by atoms with van der Waals surface area (Å²) < 4.78 is 0.822. The van der Waals surface area contributed by atoms with Gasteiger partial charge < -0.3 is 10.2 Å². The first kappa shape index (κ1) is 16.8. The summed E-state index contributed by atoms with van der Waals surface area (Å²) in [6.45, 7) is 5.24. The van der Waals surface area contributed by atoms with E-state index in [9.17, 15) is 4.79 Å². The third-order valence-electron chi connectivity index (χ3n) is 3.97. The minimum absolute atomic E-state index is 0.0649. The van der Waals surface area contributed by atoms with Crippen molar-refractivity contribution in [2.75, 3.05) is 19.6 Å². The lowest BCUT2D eigenvalue weighted by atomic mass is 10.0. The molecule has 1 aromatic carbocycles. The Balaban J connectivity index is 1.74. The Kier molecular flexibility index (Phi) is 6.52. The van der Waals surface area contributed by atoms with Crippen LogP contribution in [0.25, 0.3) is 0 Å². The van der Waals surface area contributed by atoms with Crippen LogP contribution in [0.2, 0.25) is 5.02 Å². The highest BCUT2D eigenvalue weighted by Gasteiger charge is 2.17. The van der Waals surface area contributed by atoms with E-state index in [2.05, 4.69) is 33.1 Å². The molecule has 0 saturated carbocycles. The zero-order valence-corrected chi connectivity index (χ0v) is 14.7. The van der Waals surface area contributed by atoms with E-state index in [1.165, 1.54) is 25.8 Å². The van der Waals surface area contributed by atoms with E-state index in [1.807, 2.05) is 0 Å². The van der Waals surface area contributed by atoms with Gasteiger partial charge in [-0.15, -0.1) is 0 Å². The number of nitrogens with zero attached hydrogens (tertiary/aromatic N) is 1. The van der Waals surface area contributed by atoms with Crippen molar-refractivity contribution < 1.29 is 4.79 Å². The molecule has 0 aliphatic carbocycles. The minimum Gasteiger partial charge on any atom is -0.352 e. The molecule has 2 rings (SSSR count). The first-order valence-corrected chi connectivity index (χ1v) is 8.71. The molecule has 1 aliphatic rings. The van der Waals surface area contributed by atoms with Crippen LogP contribution in [-0.4, -0.2) is 36.5 Å². The van der Waals surface area contributed by atoms with E-state index in [4.69, 9.17) is 11.6 Å². The number of carbonyl (C=O) groups excluding carboxylic acids is 1. The first-order chi connectivity index (χ1) is 10.1. The molecule has 1 fully saturated rings. The van der Waals surface area contributed by atoms with Crippen molar-refractivity contribution in [2.45, 2.75) is 38.6 Å². The third kappa shape index (κ3) is 5.28. The van der Waals surface area contributed by atoms with Gasteiger partial charge in [0.05, 0.1) is 0 Å². The van der Waals surface area contributed by atoms with Crippen LogP contribution in [-0.2, 0) is 0 Å². The Labute approximate surface area is 140 Å². The van der Waals surface area contributed by atoms with Gasteiger partial charge >= 0.3 is 0 Å². The van der Waals surface area contributed by atoms with Crippen molar-refractivity contribution in [3.63, 3.8) is 0 Å². The highest BCUT2D eigenvalue weighted by molar-refractivity contribution is 9.10. The number of piperidine rings is 1. The van der Waals surface area contributed by atoms with Gasteiger partial charge in [0.25, 0.3) is 5.91 Å². The van der Waals surface area contributed by atoms with Crippen LogP contribution in [0.5, 0.6) is 0 Å². The molecule has 1 saturated heterocycles. The van der Waals surface area contributed by atoms with Gasteiger partial charge in [-0.25, -0.2) is 0 Å². The van der Waals surface area contributed by atoms with E-state index < -0.39 is 0 Å². The Morgan fingerprint density at radius 1 is 1.43 bits per heavy atom. The van der Waals surface area contributed by atoms with Crippen LogP contribution in [0.4, 0.5) is 0 Å². The number of carbonyl (C=O) groups is 1. The average Bonchev–Trinajstić information content (AvgIpc) is 2.44. The molecule has 1 amide bonds. The first-order valence-electron chi connectivity index (χ1n) is 7.54. The molecule has 1 heterocycles. The highest BCUT2D eigenvalue weighted by atomic mass is 79.9. The molecule has 5 heteroatoms. The molecule has 0 spiro atoms. The molecule has 0 bridgehead atoms. The van der Waals surface area contributed by atoms with Gasteiger partial charge in [-0.3, -0.25) is 4.79 Å². The van der Waals surface area contributed by atoms with Crippen LogP contribution in [0, 0.1) is 0 Å². The van der Waals surface area contributed by atoms with Gasteiger partial charge in [-0.2, -0.15) is 0 Å². The Hall–Kier alpha value is -0.580. The van der Waals surface area contributed by atoms with Gasteiger partial charge in [0.15, 0.2) is 0 Å². The molecular formula is C16H22BrClN2O. The standard InChI is InChI=1S/C16H22BrClN2O/c1-12-5-2-3-7-20(12)8-4-6-19-16(21)13-9-14(17)11-15(18)10-13/h9-12H,2-8H2,1H3,(H,19,21). The van der Waals surface area contributed by atoms with Gasteiger partial charge in [0, 0.05) is 34.2 Å². The number of amides is 1. The number of hydrogen-bond donors (Lipinski definition) is 1. The smallest absolute Gasteiger partial charge is 0.251 e. The number of likely N-dealkylation sites (tertiary alicyclic amines) is 1. The summed E-state index contributed by atoms with van der Waals surface area (Å²) in [5.41, 5.74) is 0.598. The summed E-state index contributed by atoms with van der Waals surface area (Å²) in [4.78, 5) is 14.6. The van der Waals surface area contributed by atoms with Crippen LogP contribution >= 0.6 is 27.5 Å². The number of hydrogen-bond acceptors (Lipinski definition) is 2. The lowest BCUT2D eigenvalue weighted by Gasteiger charge is -2.33. The molecule has 1 N–H and O–H groups in total. The van der Waals surface area contributed by atoms with E-state index in [0.717, 1.165) is 17.4 Å². The molecule has 1 aliphatic heterocycles. The maximum absolute atomic E-state index is 12.1. The second kappa shape index (κ2) is 8.16. The van der Waals surface area contributed by atoms with Gasteiger partial charge in [0.2, 0.25) is 0 Å². The molecule has 1 aromatic rings. The largest absolute Gasteiger partial charge is 0.352 e. The van der Waals surface area contributed by atoms with Crippen molar-refractivity contribution in [1.82, 2.24) is 10.2 Å². The van der Waals surface area contributed by atoms with Crippen LogP contribution in [0.15, 0.2) is 22.7 Å². The summed E-state index contributed by atoms with van der Waals surface area (Å²) in [7, 11) is 0. The number of nitrogens with one attached hydrogen (secondary N) is 1. The van der Waals surface area contributed by atoms with Crippen molar-refractivity contribution in [2.24, 2.45) is 0 Å². The van der Waals surface area contributed by atoms with Crippen molar-refractivity contribution in [3.8, 4) is 0 Å². The molecule has 0 radical (unpaired) electrons. The van der Waals surface area contributed by atoms with Crippen LogP contribution in [0.3, 0.4) is 0 Å². The fourth-order valence-electron chi connectivity index (χ4n) is 2.76. The van der Waals surface area contributed by atoms with E-state index in [-0.39, 0.29) is 5.91 Å². The number of halogens is 2. The fourth-order valence-corrected chi connectivity index (χ4v) is 3.62. The molecule has 0 aromatic heterocycles. The predicted molar refractivity (Wildman–Crippen MR) is 91.0 cm³/mol. The second-order valence-electron chi connectivity index (χ2n) is 5.65. The van der Waals surface area contributed by atoms with Crippen LogP contribution < -0.4 is 5.32 Å². The second-order valence-corrected chi connectivity index (χ2v) is 7.00. The number of benzene rings is 1. The molecule has 1 atom stereocenters. The summed E-state index contributed by atoms with van der Waals surface area (Å²) in [6.07, 6.45) is 4.92. The summed E-state index contributed by atoms with van der Waals surface area (Å²) >= 11 is 9.31. The van der Waals surface area contributed by atoms with Crippen LogP contribution in [0.1, 0.15) is 43.0 Å². The lowest BCUT2D eigenvalue weighted by molar-refractivity contribution is 0.0949. The van der Waals surface area contributed by atoms with Crippen molar-refractivity contribution >= 4 is 33.4 Å². The summed E-state index contributed by atoms with van der Waals surface area (Å²) in [6, 6.07) is 5.93. The fraction of sp³-hybridized carbons (Fsp3) is 0.562. The zero-order valence-electron chi connectivity index (χ0n) is 12.4. The van der Waals surface area contributed by atoms with E-state index in [0.29, 0.717) is 23.2 Å². The maximum Gasteiger partial charge on any atom is 0.251 e. The molecule has 116 valence electrons. The van der Waals surface area contributed by atoms with Crippen molar-refractivity contribution in [3.05, 3.63) is 33.3 Å². The Bertz CT molecular complexity index is 475. The van der Waals surface area contributed by atoms with Crippen molar-refractivity contribution in [1.29, 1.82) is 0 Å². The lowest BCUT2D eigenvalue weighted by Crippen LogP contribution is -2.39. The quantitative estimate of drug-likeness (QED) is 0.788. The van der Waals surface area contributed by atoms with Gasteiger partial charge in [0.1, 0.15) is 0 Å². The topological polar surface area (TPSA) is 32.3 Å². The van der Waals surface area contributed by atoms with E-state index >= 15 is 0 Å². The number of rotatable bonds is 5. The SMILES string of the molecule is CC1CCCCN1CCCNC(=O)c1cc(Cl)cc(Br)c1. The Morgan fingerprint density at radius 2 is 2.24 bits per heavy atom. The maximum atomic E-state index is 12.1. The van der Waals surface area contributed by atoms with Gasteiger partial charge in [-0.05, 0) is 50.9 Å². The summed E-state index contributed by atoms with van der Waals surface area (Å²) in [5, 5.41) is 3.53. The third-order valence-corrected chi connectivity index (χ3v) is 4.65. The molecular weight excluding hydrogens is 352 g/mol. The average molecular weight is 374 g/mol. The molecule has 21 heavy (non-hydrogen) atoms. The Morgan fingerprint density at radius 3 is 2.95 bits per heavy atom.